The fraction of sp³-hybridized carbons (Fsp3) is 0.786. The van der Waals surface area contributed by atoms with Crippen LogP contribution in [0.4, 0.5) is 4.39 Å². The summed E-state index contributed by atoms with van der Waals surface area (Å²) in [4.78, 5) is 4.55. The first-order chi connectivity index (χ1) is 9.40. The molecule has 3 aliphatic carbocycles. The van der Waals surface area contributed by atoms with Crippen LogP contribution in [0.2, 0.25) is 0 Å². The Morgan fingerprint density at radius 1 is 1.25 bits per heavy atom. The van der Waals surface area contributed by atoms with Crippen molar-refractivity contribution in [3.8, 4) is 0 Å². The number of hydrogen-bond donors (Lipinski definition) is 1. The number of hydrogen-bond acceptors (Lipinski definition) is 2. The van der Waals surface area contributed by atoms with E-state index >= 15 is 0 Å². The van der Waals surface area contributed by atoms with E-state index in [4.69, 9.17) is 0 Å². The number of rotatable bonds is 3. The molecule has 0 saturated heterocycles. The summed E-state index contributed by atoms with van der Waals surface area (Å²) in [6, 6.07) is 0.168. The van der Waals surface area contributed by atoms with Crippen LogP contribution in [-0.2, 0) is 0 Å². The quantitative estimate of drug-likeness (QED) is 0.631. The third-order valence-corrected chi connectivity index (χ3v) is 7.62. The topological polar surface area (TPSA) is 38.1 Å². The molecular weight excluding hydrogens is 485 g/mol. The van der Waals surface area contributed by atoms with Gasteiger partial charge in [0.2, 0.25) is 0 Å². The Balaban J connectivity index is 1.99. The molecule has 6 heteroatoms. The van der Waals surface area contributed by atoms with Gasteiger partial charge >= 0.3 is 0 Å². The second-order valence-corrected chi connectivity index (χ2v) is 8.46. The number of aromatic nitrogens is 2. The minimum atomic E-state index is -0.690. The number of alkyl halides is 1. The predicted octanol–water partition coefficient (Wildman–Crippen LogP) is 4.09. The van der Waals surface area contributed by atoms with Gasteiger partial charge in [-0.05, 0) is 82.2 Å². The number of aliphatic hydroxyl groups is 1. The Kier molecular flexibility index (Phi) is 4.36. The molecule has 1 aromatic rings. The summed E-state index contributed by atoms with van der Waals surface area (Å²) < 4.78 is 18.2. The Labute approximate surface area is 146 Å². The van der Waals surface area contributed by atoms with Crippen LogP contribution in [0.3, 0.4) is 0 Å². The van der Waals surface area contributed by atoms with Gasteiger partial charge < -0.3 is 9.67 Å². The maximum absolute atomic E-state index is 14.1. The van der Waals surface area contributed by atoms with Gasteiger partial charge in [-0.2, -0.15) is 0 Å². The molecule has 1 unspecified atom stereocenters. The van der Waals surface area contributed by atoms with Crippen molar-refractivity contribution in [2.45, 2.75) is 51.4 Å². The zero-order valence-corrected chi connectivity index (χ0v) is 15.9. The molecule has 20 heavy (non-hydrogen) atoms. The molecule has 0 aliphatic heterocycles. The summed E-state index contributed by atoms with van der Waals surface area (Å²) in [6.07, 6.45) is 1.30. The highest BCUT2D eigenvalue weighted by Gasteiger charge is 2.48. The minimum Gasteiger partial charge on any atom is -0.385 e. The lowest BCUT2D eigenvalue weighted by Crippen LogP contribution is -2.45. The molecule has 1 aromatic heterocycles. The van der Waals surface area contributed by atoms with Crippen LogP contribution in [0.15, 0.2) is 0 Å². The highest BCUT2D eigenvalue weighted by Crippen LogP contribution is 2.53. The lowest BCUT2D eigenvalue weighted by molar-refractivity contribution is -0.0222. The van der Waals surface area contributed by atoms with Crippen molar-refractivity contribution in [2.75, 3.05) is 0 Å². The van der Waals surface area contributed by atoms with Crippen LogP contribution in [0.5, 0.6) is 0 Å². The Bertz CT molecular complexity index is 514. The Morgan fingerprint density at radius 2 is 1.90 bits per heavy atom. The van der Waals surface area contributed by atoms with Gasteiger partial charge in [0.15, 0.2) is 0 Å². The van der Waals surface area contributed by atoms with Gasteiger partial charge in [-0.25, -0.2) is 9.37 Å². The molecule has 0 radical (unpaired) electrons. The van der Waals surface area contributed by atoms with Gasteiger partial charge in [0.25, 0.3) is 0 Å². The van der Waals surface area contributed by atoms with Crippen molar-refractivity contribution >= 4 is 45.2 Å². The van der Waals surface area contributed by atoms with E-state index in [-0.39, 0.29) is 17.9 Å². The number of fused-ring (bicyclic) bond motifs is 2. The van der Waals surface area contributed by atoms with E-state index in [1.54, 1.807) is 0 Å². The number of halogens is 3. The second kappa shape index (κ2) is 5.64. The van der Waals surface area contributed by atoms with E-state index in [1.807, 2.05) is 13.8 Å². The molecule has 3 saturated carbocycles. The summed E-state index contributed by atoms with van der Waals surface area (Å²) in [5.41, 5.74) is 0. The standard InChI is InChI=1S/C14H19FI2N2O/c1-6(2)11(20)14-18-12(16)13(17)19(14)10-5-9(15)7-3-8(10)4-7/h6-11,20H,3-5H2,1-2H3/t7?,8?,9-,10+,11?/m0/s1. The lowest BCUT2D eigenvalue weighted by atomic mass is 9.61. The highest BCUT2D eigenvalue weighted by molar-refractivity contribution is 14.1. The smallest absolute Gasteiger partial charge is 0.140 e. The molecule has 0 spiro atoms. The van der Waals surface area contributed by atoms with Gasteiger partial charge in [-0.15, -0.1) is 0 Å². The van der Waals surface area contributed by atoms with Crippen molar-refractivity contribution in [1.29, 1.82) is 0 Å². The third kappa shape index (κ3) is 2.43. The zero-order chi connectivity index (χ0) is 14.6. The van der Waals surface area contributed by atoms with Gasteiger partial charge in [0.05, 0.1) is 0 Å². The molecule has 3 fully saturated rings. The van der Waals surface area contributed by atoms with Crippen LogP contribution < -0.4 is 0 Å². The van der Waals surface area contributed by atoms with E-state index in [9.17, 15) is 9.50 Å². The molecule has 1 N–H and O–H groups in total. The molecule has 3 atom stereocenters. The zero-order valence-electron chi connectivity index (χ0n) is 11.6. The van der Waals surface area contributed by atoms with Crippen molar-refractivity contribution in [3.05, 3.63) is 13.2 Å². The largest absolute Gasteiger partial charge is 0.385 e. The lowest BCUT2D eigenvalue weighted by Gasteiger charge is -2.49. The highest BCUT2D eigenvalue weighted by atomic mass is 127. The predicted molar refractivity (Wildman–Crippen MR) is 92.2 cm³/mol. The van der Waals surface area contributed by atoms with Gasteiger partial charge in [0.1, 0.15) is 25.5 Å². The van der Waals surface area contributed by atoms with Crippen molar-refractivity contribution < 1.29 is 9.50 Å². The van der Waals surface area contributed by atoms with Crippen molar-refractivity contribution in [3.63, 3.8) is 0 Å². The molecule has 112 valence electrons. The molecular formula is C14H19FI2N2O. The molecule has 1 heterocycles. The summed E-state index contributed by atoms with van der Waals surface area (Å²) in [6.45, 7) is 3.98. The van der Waals surface area contributed by atoms with Crippen molar-refractivity contribution in [2.24, 2.45) is 17.8 Å². The van der Waals surface area contributed by atoms with Crippen LogP contribution >= 0.6 is 45.2 Å². The first-order valence-corrected chi connectivity index (χ1v) is 9.31. The van der Waals surface area contributed by atoms with Crippen LogP contribution in [0, 0.1) is 25.2 Å². The monoisotopic (exact) mass is 504 g/mol. The third-order valence-electron chi connectivity index (χ3n) is 4.80. The van der Waals surface area contributed by atoms with E-state index < -0.39 is 12.3 Å². The van der Waals surface area contributed by atoms with Crippen molar-refractivity contribution in [1.82, 2.24) is 9.55 Å². The van der Waals surface area contributed by atoms with Gasteiger partial charge in [-0.3, -0.25) is 0 Å². The van der Waals surface area contributed by atoms with Crippen LogP contribution in [0.1, 0.15) is 51.1 Å². The van der Waals surface area contributed by atoms with E-state index in [1.165, 1.54) is 0 Å². The second-order valence-electron chi connectivity index (χ2n) is 6.42. The fourth-order valence-corrected chi connectivity index (χ4v) is 4.71. The van der Waals surface area contributed by atoms with Crippen LogP contribution in [0.25, 0.3) is 0 Å². The van der Waals surface area contributed by atoms with E-state index in [0.717, 1.165) is 26.1 Å². The fourth-order valence-electron chi connectivity index (χ4n) is 3.47. The maximum Gasteiger partial charge on any atom is 0.140 e. The maximum atomic E-state index is 14.1. The normalized spacial score (nSPS) is 34.1. The molecule has 3 aliphatic rings. The van der Waals surface area contributed by atoms with E-state index in [0.29, 0.717) is 12.3 Å². The molecule has 2 bridgehead atoms. The number of imidazole rings is 1. The number of nitrogens with zero attached hydrogens (tertiary/aromatic N) is 2. The SMILES string of the molecule is CC(C)C(O)c1nc(I)c(I)n1[C@@H]1C[C@H](F)C2CC1C2. The average Bonchev–Trinajstić information content (AvgIpc) is 2.62. The number of aliphatic hydroxyl groups excluding tert-OH is 1. The summed E-state index contributed by atoms with van der Waals surface area (Å²) in [5.74, 6) is 1.68. The molecule has 0 amide bonds. The van der Waals surface area contributed by atoms with Gasteiger partial charge in [0, 0.05) is 6.04 Å². The van der Waals surface area contributed by atoms with E-state index in [2.05, 4.69) is 54.7 Å². The summed E-state index contributed by atoms with van der Waals surface area (Å²) in [7, 11) is 0. The Hall–Kier alpha value is 0.560. The summed E-state index contributed by atoms with van der Waals surface area (Å²) in [5, 5.41) is 10.4. The molecule has 4 rings (SSSR count). The van der Waals surface area contributed by atoms with Crippen LogP contribution in [-0.4, -0.2) is 20.8 Å². The first-order valence-electron chi connectivity index (χ1n) is 7.15. The Morgan fingerprint density at radius 3 is 2.45 bits per heavy atom. The average molecular weight is 504 g/mol. The summed E-state index contributed by atoms with van der Waals surface area (Å²) >= 11 is 4.48. The first kappa shape index (κ1) is 15.5. The van der Waals surface area contributed by atoms with Gasteiger partial charge in [-0.1, -0.05) is 13.8 Å². The molecule has 3 nitrogen and oxygen atoms in total. The molecule has 0 aromatic carbocycles. The minimum absolute atomic E-state index is 0.113.